The molecule has 4 aromatic rings. The van der Waals surface area contributed by atoms with Crippen molar-refractivity contribution in [3.63, 3.8) is 0 Å². The van der Waals surface area contributed by atoms with Crippen LogP contribution in [0.25, 0.3) is 17.0 Å². The van der Waals surface area contributed by atoms with Crippen molar-refractivity contribution >= 4 is 22.9 Å². The number of benzene rings is 3. The number of nitrogens with zero attached hydrogens (tertiary/aromatic N) is 3. The van der Waals surface area contributed by atoms with E-state index in [-0.39, 0.29) is 11.9 Å². The van der Waals surface area contributed by atoms with Crippen molar-refractivity contribution in [3.05, 3.63) is 113 Å². The van der Waals surface area contributed by atoms with Crippen molar-refractivity contribution in [2.45, 2.75) is 26.4 Å². The summed E-state index contributed by atoms with van der Waals surface area (Å²) < 4.78 is 19.5. The first kappa shape index (κ1) is 22.0. The van der Waals surface area contributed by atoms with Crippen LogP contribution in [0, 0.1) is 12.7 Å². The normalized spacial score (nSPS) is 16.0. The Balaban J connectivity index is 1.61. The van der Waals surface area contributed by atoms with E-state index >= 15 is 0 Å². The monoisotopic (exact) mass is 470 g/mol. The first-order chi connectivity index (χ1) is 16.5. The molecule has 0 spiro atoms. The maximum Gasteiger partial charge on any atom is 0.258 e. The Morgan fingerprint density at radius 1 is 1.00 bits per heavy atom. The molecule has 1 unspecified atom stereocenters. The number of hydrogen-bond donors (Lipinski definition) is 1. The lowest BCUT2D eigenvalue weighted by atomic mass is 9.94. The van der Waals surface area contributed by atoms with Gasteiger partial charge in [0.1, 0.15) is 5.82 Å². The van der Waals surface area contributed by atoms with Crippen LogP contribution in [0.4, 0.5) is 4.39 Å². The highest BCUT2D eigenvalue weighted by atomic mass is 32.1. The number of halogens is 1. The maximum absolute atomic E-state index is 13.8. The summed E-state index contributed by atoms with van der Waals surface area (Å²) in [5.74, 6) is 0.353. The van der Waals surface area contributed by atoms with Gasteiger partial charge in [0, 0.05) is 11.3 Å². The molecule has 1 aromatic heterocycles. The molecule has 1 aliphatic heterocycles. The third-order valence-corrected chi connectivity index (χ3v) is 6.40. The summed E-state index contributed by atoms with van der Waals surface area (Å²) in [4.78, 5) is 6.70. The Bertz CT molecular complexity index is 1380. The molecule has 1 aliphatic rings. The summed E-state index contributed by atoms with van der Waals surface area (Å²) in [7, 11) is 0. The van der Waals surface area contributed by atoms with Gasteiger partial charge in [0.2, 0.25) is 5.82 Å². The van der Waals surface area contributed by atoms with E-state index in [1.807, 2.05) is 49.4 Å². The first-order valence-electron chi connectivity index (χ1n) is 11.0. The number of hydrogen-bond acceptors (Lipinski definition) is 4. The lowest BCUT2D eigenvalue weighted by Crippen LogP contribution is -2.45. The molecular weight excluding hydrogens is 447 g/mol. The second-order valence-corrected chi connectivity index (χ2v) is 8.63. The smallest absolute Gasteiger partial charge is 0.258 e. The van der Waals surface area contributed by atoms with Gasteiger partial charge in [-0.1, -0.05) is 71.9 Å². The number of thiocarbonyl (C=S) groups is 1. The van der Waals surface area contributed by atoms with Crippen molar-refractivity contribution in [3.8, 4) is 11.4 Å². The number of nitrogens with one attached hydrogen (secondary N) is 1. The van der Waals surface area contributed by atoms with Gasteiger partial charge in [-0.3, -0.25) is 0 Å². The van der Waals surface area contributed by atoms with E-state index in [9.17, 15) is 4.39 Å². The fourth-order valence-corrected chi connectivity index (χ4v) is 4.50. The fraction of sp³-hybridized carbons (Fsp3) is 0.148. The average molecular weight is 471 g/mol. The SMILES string of the molecule is CC1=C(c2nc(-c3cccc(F)c3)no2)C(c2ccccc2)NC(=S)N1Cc1ccccc1C. The molecule has 0 aliphatic carbocycles. The highest BCUT2D eigenvalue weighted by molar-refractivity contribution is 7.80. The second-order valence-electron chi connectivity index (χ2n) is 8.24. The minimum Gasteiger partial charge on any atom is -0.351 e. The van der Waals surface area contributed by atoms with E-state index < -0.39 is 0 Å². The first-order valence-corrected chi connectivity index (χ1v) is 11.4. The van der Waals surface area contributed by atoms with Crippen molar-refractivity contribution in [2.24, 2.45) is 0 Å². The van der Waals surface area contributed by atoms with Gasteiger partial charge >= 0.3 is 0 Å². The molecule has 1 N–H and O–H groups in total. The molecular formula is C27H23FN4OS. The highest BCUT2D eigenvalue weighted by Crippen LogP contribution is 2.38. The average Bonchev–Trinajstić information content (AvgIpc) is 3.33. The molecule has 0 saturated heterocycles. The Morgan fingerprint density at radius 2 is 1.76 bits per heavy atom. The predicted molar refractivity (Wildman–Crippen MR) is 134 cm³/mol. The summed E-state index contributed by atoms with van der Waals surface area (Å²) in [5, 5.41) is 8.24. The molecule has 0 bridgehead atoms. The zero-order valence-corrected chi connectivity index (χ0v) is 19.6. The molecule has 3 aromatic carbocycles. The Kier molecular flexibility index (Phi) is 5.94. The summed E-state index contributed by atoms with van der Waals surface area (Å²) >= 11 is 5.80. The number of allylic oxidation sites excluding steroid dienone is 1. The molecule has 34 heavy (non-hydrogen) atoms. The summed E-state index contributed by atoms with van der Waals surface area (Å²) in [5.41, 5.74) is 5.71. The van der Waals surface area contributed by atoms with Crippen molar-refractivity contribution < 1.29 is 8.91 Å². The zero-order chi connectivity index (χ0) is 23.7. The highest BCUT2D eigenvalue weighted by Gasteiger charge is 2.34. The van der Waals surface area contributed by atoms with Crippen LogP contribution in [0.5, 0.6) is 0 Å². The molecule has 5 rings (SSSR count). The molecule has 0 saturated carbocycles. The van der Waals surface area contributed by atoms with Gasteiger partial charge in [0.15, 0.2) is 5.11 Å². The van der Waals surface area contributed by atoms with Gasteiger partial charge in [-0.05, 0) is 54.9 Å². The zero-order valence-electron chi connectivity index (χ0n) is 18.8. The molecule has 1 atom stereocenters. The standard InChI is InChI=1S/C27H23FN4OS/c1-17-9-6-7-12-21(17)16-32-18(2)23(24(29-27(32)34)19-10-4-3-5-11-19)26-30-25(31-33-26)20-13-8-14-22(28)15-20/h3-15,24H,16H2,1-2H3,(H,29,34). The van der Waals surface area contributed by atoms with Gasteiger partial charge < -0.3 is 14.7 Å². The van der Waals surface area contributed by atoms with Crippen LogP contribution in [0.1, 0.15) is 35.5 Å². The minimum atomic E-state index is -0.351. The van der Waals surface area contributed by atoms with E-state index in [0.29, 0.717) is 28.9 Å². The minimum absolute atomic E-state index is 0.261. The fourth-order valence-electron chi connectivity index (χ4n) is 4.18. The van der Waals surface area contributed by atoms with Gasteiger partial charge in [-0.2, -0.15) is 4.98 Å². The van der Waals surface area contributed by atoms with Crippen molar-refractivity contribution in [1.82, 2.24) is 20.4 Å². The molecule has 0 radical (unpaired) electrons. The molecule has 2 heterocycles. The molecule has 0 fully saturated rings. The van der Waals surface area contributed by atoms with Crippen molar-refractivity contribution in [2.75, 3.05) is 0 Å². The van der Waals surface area contributed by atoms with Crippen LogP contribution in [0.2, 0.25) is 0 Å². The third kappa shape index (κ3) is 4.22. The molecule has 170 valence electrons. The summed E-state index contributed by atoms with van der Waals surface area (Å²) in [6, 6.07) is 24.2. The van der Waals surface area contributed by atoms with Gasteiger partial charge in [0.25, 0.3) is 5.89 Å². The number of rotatable bonds is 5. The van der Waals surface area contributed by atoms with Crippen LogP contribution < -0.4 is 5.32 Å². The van der Waals surface area contributed by atoms with E-state index in [2.05, 4.69) is 39.4 Å². The second kappa shape index (κ2) is 9.19. The summed E-state index contributed by atoms with van der Waals surface area (Å²) in [6.07, 6.45) is 0. The summed E-state index contributed by atoms with van der Waals surface area (Å²) in [6.45, 7) is 4.72. The topological polar surface area (TPSA) is 54.2 Å². The Labute approximate surface area is 202 Å². The molecule has 0 amide bonds. The van der Waals surface area contributed by atoms with E-state index in [4.69, 9.17) is 16.7 Å². The lowest BCUT2D eigenvalue weighted by Gasteiger charge is -2.37. The predicted octanol–water partition coefficient (Wildman–Crippen LogP) is 6.05. The van der Waals surface area contributed by atoms with Gasteiger partial charge in [-0.25, -0.2) is 4.39 Å². The van der Waals surface area contributed by atoms with E-state index in [0.717, 1.165) is 16.8 Å². The van der Waals surface area contributed by atoms with Crippen LogP contribution in [0.3, 0.4) is 0 Å². The van der Waals surface area contributed by atoms with Crippen molar-refractivity contribution in [1.29, 1.82) is 0 Å². The molecule has 5 nitrogen and oxygen atoms in total. The largest absolute Gasteiger partial charge is 0.351 e. The van der Waals surface area contributed by atoms with Gasteiger partial charge in [-0.15, -0.1) is 0 Å². The Morgan fingerprint density at radius 3 is 2.53 bits per heavy atom. The number of aromatic nitrogens is 2. The van der Waals surface area contributed by atoms with Crippen LogP contribution in [0.15, 0.2) is 89.1 Å². The lowest BCUT2D eigenvalue weighted by molar-refractivity contribution is 0.396. The van der Waals surface area contributed by atoms with Crippen LogP contribution in [-0.4, -0.2) is 20.2 Å². The number of aryl methyl sites for hydroxylation is 1. The third-order valence-electron chi connectivity index (χ3n) is 6.06. The molecule has 7 heteroatoms. The maximum atomic E-state index is 13.8. The van der Waals surface area contributed by atoms with Crippen LogP contribution in [-0.2, 0) is 6.54 Å². The van der Waals surface area contributed by atoms with E-state index in [1.54, 1.807) is 12.1 Å². The Hall–Kier alpha value is -3.84. The van der Waals surface area contributed by atoms with E-state index in [1.165, 1.54) is 23.3 Å². The van der Waals surface area contributed by atoms with Crippen LogP contribution >= 0.6 is 12.2 Å². The quantitative estimate of drug-likeness (QED) is 0.359. The van der Waals surface area contributed by atoms with Gasteiger partial charge in [0.05, 0.1) is 18.2 Å².